The van der Waals surface area contributed by atoms with Gasteiger partial charge in [-0.3, -0.25) is 4.79 Å². The van der Waals surface area contributed by atoms with Gasteiger partial charge in [0.25, 0.3) is 0 Å². The third kappa shape index (κ3) is 3.60. The Hall–Kier alpha value is -1.36. The van der Waals surface area contributed by atoms with Gasteiger partial charge >= 0.3 is 0 Å². The number of imidazole rings is 1. The average molecular weight is 278 g/mol. The zero-order chi connectivity index (χ0) is 14.5. The number of aromatic nitrogens is 2. The van der Waals surface area contributed by atoms with E-state index in [-0.39, 0.29) is 11.8 Å². The molecule has 0 aromatic carbocycles. The summed E-state index contributed by atoms with van der Waals surface area (Å²) in [6.07, 6.45) is 5.74. The Kier molecular flexibility index (Phi) is 5.17. The highest BCUT2D eigenvalue weighted by atomic mass is 16.2. The van der Waals surface area contributed by atoms with Gasteiger partial charge in [-0.25, -0.2) is 4.98 Å². The molecule has 2 N–H and O–H groups in total. The van der Waals surface area contributed by atoms with E-state index in [1.165, 1.54) is 0 Å². The van der Waals surface area contributed by atoms with Crippen LogP contribution < -0.4 is 5.32 Å². The van der Waals surface area contributed by atoms with Crippen LogP contribution >= 0.6 is 0 Å². The molecule has 0 saturated carbocycles. The lowest BCUT2D eigenvalue weighted by atomic mass is 9.89. The minimum atomic E-state index is 0.0973. The van der Waals surface area contributed by atoms with Crippen LogP contribution in [0.15, 0.2) is 12.4 Å². The first-order valence-corrected chi connectivity index (χ1v) is 7.62. The Labute approximate surface area is 121 Å². The lowest BCUT2D eigenvalue weighted by Crippen LogP contribution is -2.51. The van der Waals surface area contributed by atoms with E-state index in [0.717, 1.165) is 38.3 Å². The molecule has 1 saturated heterocycles. The van der Waals surface area contributed by atoms with Crippen molar-refractivity contribution in [3.63, 3.8) is 0 Å². The zero-order valence-corrected chi connectivity index (χ0v) is 12.7. The van der Waals surface area contributed by atoms with E-state index in [2.05, 4.69) is 22.2 Å². The first-order valence-electron chi connectivity index (χ1n) is 7.62. The molecule has 1 aliphatic rings. The summed E-state index contributed by atoms with van der Waals surface area (Å²) in [6.45, 7) is 8.67. The van der Waals surface area contributed by atoms with E-state index < -0.39 is 0 Å². The summed E-state index contributed by atoms with van der Waals surface area (Å²) in [6, 6.07) is 0.473. The van der Waals surface area contributed by atoms with Gasteiger partial charge in [0.2, 0.25) is 5.91 Å². The lowest BCUT2D eigenvalue weighted by molar-refractivity contribution is -0.136. The number of hydrogen-bond acceptors (Lipinski definition) is 3. The normalized spacial score (nSPS) is 23.3. The van der Waals surface area contributed by atoms with Crippen LogP contribution in [-0.2, 0) is 11.3 Å². The minimum Gasteiger partial charge on any atom is -0.348 e. The summed E-state index contributed by atoms with van der Waals surface area (Å²) in [4.78, 5) is 21.5. The number of amides is 1. The van der Waals surface area contributed by atoms with Crippen molar-refractivity contribution >= 4 is 5.91 Å². The quantitative estimate of drug-likeness (QED) is 0.863. The maximum atomic E-state index is 12.1. The number of likely N-dealkylation sites (tertiary alicyclic amines) is 1. The number of piperidine rings is 1. The van der Waals surface area contributed by atoms with Crippen LogP contribution in [-0.4, -0.2) is 39.9 Å². The maximum absolute atomic E-state index is 12.1. The fourth-order valence-electron chi connectivity index (χ4n) is 2.90. The second-order valence-electron chi connectivity index (χ2n) is 5.92. The molecule has 1 aromatic rings. The van der Waals surface area contributed by atoms with E-state index in [9.17, 15) is 4.79 Å². The Morgan fingerprint density at radius 1 is 1.60 bits per heavy atom. The van der Waals surface area contributed by atoms with Gasteiger partial charge < -0.3 is 15.2 Å². The molecular weight excluding hydrogens is 252 g/mol. The van der Waals surface area contributed by atoms with Crippen molar-refractivity contribution in [1.82, 2.24) is 20.2 Å². The molecule has 2 atom stereocenters. The van der Waals surface area contributed by atoms with Gasteiger partial charge in [-0.1, -0.05) is 27.2 Å². The molecule has 2 unspecified atom stereocenters. The molecule has 1 amide bonds. The van der Waals surface area contributed by atoms with E-state index >= 15 is 0 Å². The number of nitrogens with one attached hydrogen (secondary N) is 2. The van der Waals surface area contributed by atoms with Crippen molar-refractivity contribution in [1.29, 1.82) is 0 Å². The first kappa shape index (κ1) is 15.0. The van der Waals surface area contributed by atoms with Crippen LogP contribution in [0.5, 0.6) is 0 Å². The third-order valence-corrected chi connectivity index (χ3v) is 4.15. The fourth-order valence-corrected chi connectivity index (χ4v) is 2.90. The largest absolute Gasteiger partial charge is 0.348 e. The molecule has 1 aliphatic heterocycles. The molecule has 5 heteroatoms. The van der Waals surface area contributed by atoms with Crippen molar-refractivity contribution < 1.29 is 4.79 Å². The molecule has 5 nitrogen and oxygen atoms in total. The standard InChI is InChI=1S/C15H26N4O/c1-4-12-10-19(15(20)11(2)3)8-5-13(12)18-9-14-16-6-7-17-14/h6-7,11-13,18H,4-5,8-10H2,1-3H3,(H,16,17). The monoisotopic (exact) mass is 278 g/mol. The second kappa shape index (κ2) is 6.88. The average Bonchev–Trinajstić information content (AvgIpc) is 2.97. The molecule has 2 heterocycles. The smallest absolute Gasteiger partial charge is 0.225 e. The first-order chi connectivity index (χ1) is 9.61. The van der Waals surface area contributed by atoms with Crippen molar-refractivity contribution in [3.05, 3.63) is 18.2 Å². The van der Waals surface area contributed by atoms with Gasteiger partial charge in [-0.2, -0.15) is 0 Å². The highest BCUT2D eigenvalue weighted by molar-refractivity contribution is 5.78. The number of hydrogen-bond donors (Lipinski definition) is 2. The molecule has 112 valence electrons. The molecule has 1 fully saturated rings. The Bertz CT molecular complexity index is 416. The number of rotatable bonds is 5. The fraction of sp³-hybridized carbons (Fsp3) is 0.733. The topological polar surface area (TPSA) is 61.0 Å². The van der Waals surface area contributed by atoms with Gasteiger partial charge in [-0.15, -0.1) is 0 Å². The summed E-state index contributed by atoms with van der Waals surface area (Å²) in [5, 5.41) is 3.58. The van der Waals surface area contributed by atoms with Gasteiger partial charge in [-0.05, 0) is 12.3 Å². The number of H-pyrrole nitrogens is 1. The second-order valence-corrected chi connectivity index (χ2v) is 5.92. The number of nitrogens with zero attached hydrogens (tertiary/aromatic N) is 2. The molecule has 20 heavy (non-hydrogen) atoms. The van der Waals surface area contributed by atoms with Crippen molar-refractivity contribution in [2.45, 2.75) is 46.2 Å². The maximum Gasteiger partial charge on any atom is 0.225 e. The predicted molar refractivity (Wildman–Crippen MR) is 79.0 cm³/mol. The van der Waals surface area contributed by atoms with Crippen molar-refractivity contribution in [2.24, 2.45) is 11.8 Å². The Morgan fingerprint density at radius 3 is 3.00 bits per heavy atom. The molecule has 0 aliphatic carbocycles. The molecule has 0 radical (unpaired) electrons. The molecule has 0 spiro atoms. The summed E-state index contributed by atoms with van der Waals surface area (Å²) in [5.41, 5.74) is 0. The van der Waals surface area contributed by atoms with Crippen LogP contribution in [0.2, 0.25) is 0 Å². The summed E-state index contributed by atoms with van der Waals surface area (Å²) >= 11 is 0. The van der Waals surface area contributed by atoms with E-state index in [0.29, 0.717) is 12.0 Å². The summed E-state index contributed by atoms with van der Waals surface area (Å²) in [5.74, 6) is 1.88. The van der Waals surface area contributed by atoms with Crippen molar-refractivity contribution in [2.75, 3.05) is 13.1 Å². The highest BCUT2D eigenvalue weighted by Gasteiger charge is 2.30. The SMILES string of the molecule is CCC1CN(C(=O)C(C)C)CCC1NCc1ncc[nH]1. The zero-order valence-electron chi connectivity index (χ0n) is 12.7. The predicted octanol–water partition coefficient (Wildman–Crippen LogP) is 1.78. The van der Waals surface area contributed by atoms with Crippen LogP contribution in [0.25, 0.3) is 0 Å². The number of aromatic amines is 1. The van der Waals surface area contributed by atoms with Crippen LogP contribution in [0.1, 0.15) is 39.4 Å². The Balaban J connectivity index is 1.88. The molecule has 1 aromatic heterocycles. The van der Waals surface area contributed by atoms with Crippen LogP contribution in [0.4, 0.5) is 0 Å². The molecular formula is C15H26N4O. The third-order valence-electron chi connectivity index (χ3n) is 4.15. The number of carbonyl (C=O) groups is 1. The molecule has 0 bridgehead atoms. The summed E-state index contributed by atoms with van der Waals surface area (Å²) in [7, 11) is 0. The van der Waals surface area contributed by atoms with Crippen LogP contribution in [0.3, 0.4) is 0 Å². The number of carbonyl (C=O) groups excluding carboxylic acids is 1. The highest BCUT2D eigenvalue weighted by Crippen LogP contribution is 2.22. The van der Waals surface area contributed by atoms with E-state index in [4.69, 9.17) is 0 Å². The van der Waals surface area contributed by atoms with Gasteiger partial charge in [0.15, 0.2) is 0 Å². The van der Waals surface area contributed by atoms with Gasteiger partial charge in [0.1, 0.15) is 5.82 Å². The molecule has 2 rings (SSSR count). The van der Waals surface area contributed by atoms with Crippen molar-refractivity contribution in [3.8, 4) is 0 Å². The minimum absolute atomic E-state index is 0.0973. The lowest BCUT2D eigenvalue weighted by Gasteiger charge is -2.39. The van der Waals surface area contributed by atoms with E-state index in [1.807, 2.05) is 24.9 Å². The van der Waals surface area contributed by atoms with Gasteiger partial charge in [0.05, 0.1) is 6.54 Å². The summed E-state index contributed by atoms with van der Waals surface area (Å²) < 4.78 is 0. The van der Waals surface area contributed by atoms with E-state index in [1.54, 1.807) is 6.20 Å². The van der Waals surface area contributed by atoms with Gasteiger partial charge in [0, 0.05) is 37.4 Å². The van der Waals surface area contributed by atoms with Crippen LogP contribution in [0, 0.1) is 11.8 Å². The Morgan fingerprint density at radius 2 is 2.40 bits per heavy atom.